The second-order valence-corrected chi connectivity index (χ2v) is 5.43. The monoisotopic (exact) mass is 275 g/mol. The van der Waals surface area contributed by atoms with Gasteiger partial charge in [0.05, 0.1) is 18.0 Å². The molecule has 0 aliphatic carbocycles. The number of aryl methyl sites for hydroxylation is 3. The zero-order valence-corrected chi connectivity index (χ0v) is 12.3. The molecular formula is C14H21N5O. The van der Waals surface area contributed by atoms with Crippen LogP contribution in [0.15, 0.2) is 18.5 Å². The van der Waals surface area contributed by atoms with Crippen molar-refractivity contribution in [3.63, 3.8) is 0 Å². The Morgan fingerprint density at radius 3 is 2.90 bits per heavy atom. The van der Waals surface area contributed by atoms with Crippen molar-refractivity contribution in [3.8, 4) is 0 Å². The fraction of sp³-hybridized carbons (Fsp3) is 0.571. The Kier molecular flexibility index (Phi) is 3.58. The first-order valence-electron chi connectivity index (χ1n) is 6.94. The molecule has 0 bridgehead atoms. The Morgan fingerprint density at radius 2 is 2.25 bits per heavy atom. The van der Waals surface area contributed by atoms with Gasteiger partial charge in [-0.25, -0.2) is 4.98 Å². The van der Waals surface area contributed by atoms with Gasteiger partial charge in [-0.15, -0.1) is 0 Å². The molecule has 2 aromatic heterocycles. The topological polar surface area (TPSA) is 48.1 Å². The van der Waals surface area contributed by atoms with Crippen LogP contribution in [-0.2, 0) is 25.4 Å². The van der Waals surface area contributed by atoms with Crippen molar-refractivity contribution in [1.29, 1.82) is 0 Å². The average Bonchev–Trinajstić information content (AvgIpc) is 2.96. The molecule has 0 saturated carbocycles. The minimum Gasteiger partial charge on any atom is -0.368 e. The second-order valence-electron chi connectivity index (χ2n) is 5.43. The molecule has 0 spiro atoms. The lowest BCUT2D eigenvalue weighted by molar-refractivity contribution is -0.0387. The van der Waals surface area contributed by atoms with Crippen LogP contribution < -0.4 is 0 Å². The van der Waals surface area contributed by atoms with E-state index >= 15 is 0 Å². The number of hydrogen-bond donors (Lipinski definition) is 0. The van der Waals surface area contributed by atoms with Gasteiger partial charge in [0, 0.05) is 46.1 Å². The lowest BCUT2D eigenvalue weighted by Crippen LogP contribution is -2.38. The summed E-state index contributed by atoms with van der Waals surface area (Å²) in [6.07, 6.45) is 4.07. The predicted molar refractivity (Wildman–Crippen MR) is 75.1 cm³/mol. The zero-order valence-electron chi connectivity index (χ0n) is 12.3. The lowest BCUT2D eigenvalue weighted by Gasteiger charge is -2.32. The number of morpholine rings is 1. The van der Waals surface area contributed by atoms with Crippen molar-refractivity contribution in [2.45, 2.75) is 19.6 Å². The Balaban J connectivity index is 1.68. The standard InChI is InChI=1S/C14H21N5O/c1-11-8-17(2)14(15-11)13-10-19(6-7-20-13)9-12-4-5-18(3)16-12/h4-5,8,13H,6-7,9-10H2,1-3H3/t13-/m0/s1. The molecule has 3 rings (SSSR count). The van der Waals surface area contributed by atoms with Crippen LogP contribution in [-0.4, -0.2) is 43.9 Å². The first-order chi connectivity index (χ1) is 9.61. The Hall–Kier alpha value is -1.66. The number of imidazole rings is 1. The highest BCUT2D eigenvalue weighted by Crippen LogP contribution is 2.22. The van der Waals surface area contributed by atoms with Crippen LogP contribution in [0.5, 0.6) is 0 Å². The highest BCUT2D eigenvalue weighted by Gasteiger charge is 2.25. The highest BCUT2D eigenvalue weighted by atomic mass is 16.5. The van der Waals surface area contributed by atoms with Gasteiger partial charge in [-0.1, -0.05) is 0 Å². The molecule has 1 aliphatic rings. The van der Waals surface area contributed by atoms with E-state index in [0.717, 1.165) is 43.5 Å². The highest BCUT2D eigenvalue weighted by molar-refractivity contribution is 5.06. The maximum absolute atomic E-state index is 5.88. The van der Waals surface area contributed by atoms with Crippen molar-refractivity contribution in [3.05, 3.63) is 35.7 Å². The van der Waals surface area contributed by atoms with Crippen LogP contribution in [0.3, 0.4) is 0 Å². The van der Waals surface area contributed by atoms with Crippen molar-refractivity contribution >= 4 is 0 Å². The van der Waals surface area contributed by atoms with Crippen LogP contribution in [0, 0.1) is 6.92 Å². The maximum Gasteiger partial charge on any atom is 0.139 e. The van der Waals surface area contributed by atoms with E-state index in [4.69, 9.17) is 4.74 Å². The second kappa shape index (κ2) is 5.38. The number of rotatable bonds is 3. The van der Waals surface area contributed by atoms with Crippen LogP contribution in [0.4, 0.5) is 0 Å². The van der Waals surface area contributed by atoms with Crippen molar-refractivity contribution in [2.75, 3.05) is 19.7 Å². The van der Waals surface area contributed by atoms with E-state index < -0.39 is 0 Å². The summed E-state index contributed by atoms with van der Waals surface area (Å²) in [5.41, 5.74) is 2.14. The molecule has 0 unspecified atom stereocenters. The third-order valence-corrected chi connectivity index (χ3v) is 3.63. The molecule has 0 aromatic carbocycles. The average molecular weight is 275 g/mol. The van der Waals surface area contributed by atoms with Gasteiger partial charge in [0.1, 0.15) is 11.9 Å². The summed E-state index contributed by atoms with van der Waals surface area (Å²) in [5, 5.41) is 4.44. The summed E-state index contributed by atoms with van der Waals surface area (Å²) < 4.78 is 9.78. The first kappa shape index (κ1) is 13.3. The van der Waals surface area contributed by atoms with E-state index in [2.05, 4.69) is 25.6 Å². The molecule has 0 radical (unpaired) electrons. The van der Waals surface area contributed by atoms with Gasteiger partial charge in [0.2, 0.25) is 0 Å². The summed E-state index contributed by atoms with van der Waals surface area (Å²) in [7, 11) is 3.97. The van der Waals surface area contributed by atoms with Gasteiger partial charge in [0.25, 0.3) is 0 Å². The lowest BCUT2D eigenvalue weighted by atomic mass is 10.2. The van der Waals surface area contributed by atoms with Gasteiger partial charge in [0.15, 0.2) is 0 Å². The SMILES string of the molecule is Cc1cn(C)c([C@@H]2CN(Cc3ccn(C)n3)CCO2)n1. The van der Waals surface area contributed by atoms with Gasteiger partial charge in [-0.3, -0.25) is 9.58 Å². The van der Waals surface area contributed by atoms with E-state index in [9.17, 15) is 0 Å². The molecule has 108 valence electrons. The third-order valence-electron chi connectivity index (χ3n) is 3.63. The number of hydrogen-bond acceptors (Lipinski definition) is 4. The molecule has 2 aromatic rings. The fourth-order valence-electron chi connectivity index (χ4n) is 2.71. The minimum absolute atomic E-state index is 0.0474. The summed E-state index contributed by atoms with van der Waals surface area (Å²) in [6.45, 7) is 5.42. The molecule has 0 amide bonds. The molecule has 3 heterocycles. The number of nitrogens with zero attached hydrogens (tertiary/aromatic N) is 5. The summed E-state index contributed by atoms with van der Waals surface area (Å²) in [4.78, 5) is 6.95. The largest absolute Gasteiger partial charge is 0.368 e. The Morgan fingerprint density at radius 1 is 1.40 bits per heavy atom. The van der Waals surface area contributed by atoms with E-state index in [1.165, 1.54) is 0 Å². The van der Waals surface area contributed by atoms with Gasteiger partial charge < -0.3 is 9.30 Å². The first-order valence-corrected chi connectivity index (χ1v) is 6.94. The molecule has 1 aliphatic heterocycles. The molecule has 0 N–H and O–H groups in total. The molecule has 20 heavy (non-hydrogen) atoms. The van der Waals surface area contributed by atoms with Crippen molar-refractivity contribution in [1.82, 2.24) is 24.2 Å². The van der Waals surface area contributed by atoms with Crippen molar-refractivity contribution < 1.29 is 4.74 Å². The van der Waals surface area contributed by atoms with E-state index in [0.29, 0.717) is 0 Å². The predicted octanol–water partition coefficient (Wildman–Crippen LogP) is 1.04. The van der Waals surface area contributed by atoms with Crippen LogP contribution in [0.2, 0.25) is 0 Å². The van der Waals surface area contributed by atoms with Crippen LogP contribution in [0.1, 0.15) is 23.3 Å². The fourth-order valence-corrected chi connectivity index (χ4v) is 2.71. The van der Waals surface area contributed by atoms with E-state index in [1.54, 1.807) is 0 Å². The molecule has 1 atom stereocenters. The summed E-state index contributed by atoms with van der Waals surface area (Å²) in [6, 6.07) is 2.06. The molecule has 1 fully saturated rings. The summed E-state index contributed by atoms with van der Waals surface area (Å²) >= 11 is 0. The molecule has 6 heteroatoms. The Labute approximate surface area is 119 Å². The van der Waals surface area contributed by atoms with Gasteiger partial charge in [-0.2, -0.15) is 5.10 Å². The third kappa shape index (κ3) is 2.76. The van der Waals surface area contributed by atoms with Gasteiger partial charge >= 0.3 is 0 Å². The maximum atomic E-state index is 5.88. The molecule has 1 saturated heterocycles. The quantitative estimate of drug-likeness (QED) is 0.839. The minimum atomic E-state index is 0.0474. The van der Waals surface area contributed by atoms with Gasteiger partial charge in [-0.05, 0) is 13.0 Å². The number of ether oxygens (including phenoxy) is 1. The van der Waals surface area contributed by atoms with Crippen LogP contribution >= 0.6 is 0 Å². The smallest absolute Gasteiger partial charge is 0.139 e. The Bertz CT molecular complexity index is 588. The number of aromatic nitrogens is 4. The van der Waals surface area contributed by atoms with Crippen molar-refractivity contribution in [2.24, 2.45) is 14.1 Å². The zero-order chi connectivity index (χ0) is 14.1. The normalized spacial score (nSPS) is 20.4. The molecule has 6 nitrogen and oxygen atoms in total. The van der Waals surface area contributed by atoms with E-state index in [-0.39, 0.29) is 6.10 Å². The molecular weight excluding hydrogens is 254 g/mol. The summed E-state index contributed by atoms with van der Waals surface area (Å²) in [5.74, 6) is 1.01. The van der Waals surface area contributed by atoms with Crippen LogP contribution in [0.25, 0.3) is 0 Å². The van der Waals surface area contributed by atoms with E-state index in [1.807, 2.05) is 38.1 Å².